The number of halogens is 1. The standard InChI is InChI=1S/C14H21ClN2O/c1-10(2)9-16-13(18)17-14(3,4)11-7-5-6-8-12(11)15/h5-8,10H,9H2,1-4H3,(H2,16,17,18). The van der Waals surface area contributed by atoms with E-state index in [9.17, 15) is 4.79 Å². The van der Waals surface area contributed by atoms with Crippen molar-refractivity contribution < 1.29 is 4.79 Å². The minimum Gasteiger partial charge on any atom is -0.338 e. The lowest BCUT2D eigenvalue weighted by Gasteiger charge is -2.28. The highest BCUT2D eigenvalue weighted by atomic mass is 35.5. The van der Waals surface area contributed by atoms with Crippen LogP contribution < -0.4 is 10.6 Å². The first kappa shape index (κ1) is 14.8. The van der Waals surface area contributed by atoms with Crippen molar-refractivity contribution in [1.29, 1.82) is 0 Å². The Morgan fingerprint density at radius 2 is 1.94 bits per heavy atom. The molecule has 3 nitrogen and oxygen atoms in total. The van der Waals surface area contributed by atoms with Crippen molar-refractivity contribution in [3.05, 3.63) is 34.9 Å². The molecule has 0 radical (unpaired) electrons. The number of urea groups is 1. The lowest BCUT2D eigenvalue weighted by molar-refractivity contribution is 0.228. The first-order valence-electron chi connectivity index (χ1n) is 6.14. The summed E-state index contributed by atoms with van der Waals surface area (Å²) in [6.07, 6.45) is 0. The van der Waals surface area contributed by atoms with Crippen LogP contribution in [-0.2, 0) is 5.54 Å². The number of amides is 2. The van der Waals surface area contributed by atoms with Crippen molar-refractivity contribution in [3.63, 3.8) is 0 Å². The number of hydrogen-bond acceptors (Lipinski definition) is 1. The molecule has 4 heteroatoms. The van der Waals surface area contributed by atoms with Crippen LogP contribution >= 0.6 is 11.6 Å². The fraction of sp³-hybridized carbons (Fsp3) is 0.500. The highest BCUT2D eigenvalue weighted by Gasteiger charge is 2.24. The monoisotopic (exact) mass is 268 g/mol. The van der Waals surface area contributed by atoms with Gasteiger partial charge in [0, 0.05) is 11.6 Å². The van der Waals surface area contributed by atoms with Crippen molar-refractivity contribution in [2.45, 2.75) is 33.2 Å². The van der Waals surface area contributed by atoms with Crippen LogP contribution in [0.25, 0.3) is 0 Å². The largest absolute Gasteiger partial charge is 0.338 e. The predicted molar refractivity (Wildman–Crippen MR) is 75.9 cm³/mol. The van der Waals surface area contributed by atoms with Gasteiger partial charge in [-0.25, -0.2) is 4.79 Å². The Kier molecular flexibility index (Phi) is 5.03. The maximum atomic E-state index is 11.8. The van der Waals surface area contributed by atoms with Crippen LogP contribution in [0.3, 0.4) is 0 Å². The second-order valence-corrected chi connectivity index (χ2v) is 5.74. The maximum Gasteiger partial charge on any atom is 0.315 e. The Hall–Kier alpha value is -1.22. The van der Waals surface area contributed by atoms with E-state index in [1.165, 1.54) is 0 Å². The van der Waals surface area contributed by atoms with Gasteiger partial charge in [-0.2, -0.15) is 0 Å². The van der Waals surface area contributed by atoms with E-state index < -0.39 is 5.54 Å². The van der Waals surface area contributed by atoms with Crippen molar-refractivity contribution >= 4 is 17.6 Å². The molecule has 1 aromatic carbocycles. The lowest BCUT2D eigenvalue weighted by atomic mass is 9.94. The Morgan fingerprint density at radius 1 is 1.33 bits per heavy atom. The number of benzene rings is 1. The second kappa shape index (κ2) is 6.10. The molecule has 0 spiro atoms. The molecule has 1 rings (SSSR count). The zero-order valence-corrected chi connectivity index (χ0v) is 12.1. The van der Waals surface area contributed by atoms with E-state index in [0.29, 0.717) is 17.5 Å². The van der Waals surface area contributed by atoms with Gasteiger partial charge in [0.1, 0.15) is 0 Å². The Morgan fingerprint density at radius 3 is 2.50 bits per heavy atom. The molecule has 0 atom stereocenters. The third-order valence-corrected chi connectivity index (χ3v) is 2.97. The van der Waals surface area contributed by atoms with E-state index in [1.807, 2.05) is 38.1 Å². The van der Waals surface area contributed by atoms with E-state index in [1.54, 1.807) is 0 Å². The molecule has 100 valence electrons. The molecule has 2 amide bonds. The van der Waals surface area contributed by atoms with Gasteiger partial charge in [-0.05, 0) is 31.4 Å². The molecule has 0 fully saturated rings. The van der Waals surface area contributed by atoms with E-state index in [0.717, 1.165) is 5.56 Å². The molecule has 0 heterocycles. The van der Waals surface area contributed by atoms with Crippen LogP contribution in [0.2, 0.25) is 5.02 Å². The molecular weight excluding hydrogens is 248 g/mol. The maximum absolute atomic E-state index is 11.8. The van der Waals surface area contributed by atoms with Gasteiger partial charge in [-0.15, -0.1) is 0 Å². The van der Waals surface area contributed by atoms with Crippen LogP contribution in [0.15, 0.2) is 24.3 Å². The van der Waals surface area contributed by atoms with Crippen LogP contribution in [0.5, 0.6) is 0 Å². The van der Waals surface area contributed by atoms with Gasteiger partial charge in [0.05, 0.1) is 5.54 Å². The minimum absolute atomic E-state index is 0.173. The molecule has 2 N–H and O–H groups in total. The summed E-state index contributed by atoms with van der Waals surface area (Å²) in [7, 11) is 0. The summed E-state index contributed by atoms with van der Waals surface area (Å²) in [6.45, 7) is 8.63. The van der Waals surface area contributed by atoms with Gasteiger partial charge in [0.25, 0.3) is 0 Å². The van der Waals surface area contributed by atoms with E-state index in [2.05, 4.69) is 24.5 Å². The molecule has 0 saturated heterocycles. The van der Waals surface area contributed by atoms with Gasteiger partial charge < -0.3 is 10.6 Å². The molecule has 18 heavy (non-hydrogen) atoms. The third kappa shape index (κ3) is 4.22. The molecule has 0 aliphatic rings. The number of carbonyl (C=O) groups is 1. The van der Waals surface area contributed by atoms with E-state index in [-0.39, 0.29) is 6.03 Å². The van der Waals surface area contributed by atoms with Crippen molar-refractivity contribution in [3.8, 4) is 0 Å². The first-order valence-corrected chi connectivity index (χ1v) is 6.51. The summed E-state index contributed by atoms with van der Waals surface area (Å²) in [4.78, 5) is 11.8. The van der Waals surface area contributed by atoms with Crippen LogP contribution in [-0.4, -0.2) is 12.6 Å². The Balaban J connectivity index is 2.70. The number of rotatable bonds is 4. The average molecular weight is 269 g/mol. The van der Waals surface area contributed by atoms with Crippen LogP contribution in [0, 0.1) is 5.92 Å². The fourth-order valence-electron chi connectivity index (χ4n) is 1.66. The highest BCUT2D eigenvalue weighted by molar-refractivity contribution is 6.31. The quantitative estimate of drug-likeness (QED) is 0.862. The lowest BCUT2D eigenvalue weighted by Crippen LogP contribution is -2.47. The zero-order chi connectivity index (χ0) is 13.8. The molecule has 0 aromatic heterocycles. The van der Waals surface area contributed by atoms with Crippen molar-refractivity contribution in [1.82, 2.24) is 10.6 Å². The SMILES string of the molecule is CC(C)CNC(=O)NC(C)(C)c1ccccc1Cl. The number of hydrogen-bond donors (Lipinski definition) is 2. The van der Waals surface area contributed by atoms with Gasteiger partial charge in [-0.3, -0.25) is 0 Å². The van der Waals surface area contributed by atoms with Gasteiger partial charge in [-0.1, -0.05) is 43.6 Å². The Labute approximate surface area is 114 Å². The smallest absolute Gasteiger partial charge is 0.315 e. The van der Waals surface area contributed by atoms with Gasteiger partial charge in [0.2, 0.25) is 0 Å². The minimum atomic E-state index is -0.501. The number of nitrogens with one attached hydrogen (secondary N) is 2. The van der Waals surface area contributed by atoms with E-state index >= 15 is 0 Å². The fourth-order valence-corrected chi connectivity index (χ4v) is 2.03. The predicted octanol–water partition coefficient (Wildman–Crippen LogP) is 3.53. The van der Waals surface area contributed by atoms with E-state index in [4.69, 9.17) is 11.6 Å². The Bertz CT molecular complexity index is 416. The van der Waals surface area contributed by atoms with Crippen LogP contribution in [0.1, 0.15) is 33.3 Å². The summed E-state index contributed by atoms with van der Waals surface area (Å²) in [6, 6.07) is 7.36. The van der Waals surface area contributed by atoms with Crippen molar-refractivity contribution in [2.24, 2.45) is 5.92 Å². The summed E-state index contributed by atoms with van der Waals surface area (Å²) >= 11 is 6.15. The summed E-state index contributed by atoms with van der Waals surface area (Å²) in [5.41, 5.74) is 0.408. The van der Waals surface area contributed by atoms with Gasteiger partial charge in [0.15, 0.2) is 0 Å². The number of carbonyl (C=O) groups excluding carboxylic acids is 1. The second-order valence-electron chi connectivity index (χ2n) is 5.33. The molecule has 0 unspecified atom stereocenters. The summed E-state index contributed by atoms with van der Waals surface area (Å²) in [5, 5.41) is 6.43. The summed E-state index contributed by atoms with van der Waals surface area (Å²) < 4.78 is 0. The average Bonchev–Trinajstić information content (AvgIpc) is 2.26. The van der Waals surface area contributed by atoms with Gasteiger partial charge >= 0.3 is 6.03 Å². The topological polar surface area (TPSA) is 41.1 Å². The molecule has 0 saturated carbocycles. The zero-order valence-electron chi connectivity index (χ0n) is 11.4. The molecular formula is C14H21ClN2O. The van der Waals surface area contributed by atoms with Crippen LogP contribution in [0.4, 0.5) is 4.79 Å². The van der Waals surface area contributed by atoms with Crippen molar-refractivity contribution in [2.75, 3.05) is 6.54 Å². The molecule has 1 aromatic rings. The molecule has 0 aliphatic heterocycles. The third-order valence-electron chi connectivity index (χ3n) is 2.64. The molecule has 0 bridgehead atoms. The molecule has 0 aliphatic carbocycles. The normalized spacial score (nSPS) is 11.4. The summed E-state index contributed by atoms with van der Waals surface area (Å²) in [5.74, 6) is 0.430. The highest BCUT2D eigenvalue weighted by Crippen LogP contribution is 2.27. The first-order chi connectivity index (χ1) is 8.33.